The molecule has 0 aliphatic carbocycles. The van der Waals surface area contributed by atoms with Crippen LogP contribution in [0, 0.1) is 12.8 Å². The van der Waals surface area contributed by atoms with Crippen LogP contribution in [0.5, 0.6) is 11.5 Å². The average Bonchev–Trinajstić information content (AvgIpc) is 3.14. The summed E-state index contributed by atoms with van der Waals surface area (Å²) in [5.74, 6) is -0.653. The van der Waals surface area contributed by atoms with Crippen molar-refractivity contribution in [1.82, 2.24) is 0 Å². The second-order valence-electron chi connectivity index (χ2n) is 6.97. The Hall–Kier alpha value is -3.55. The number of amides is 2. The van der Waals surface area contributed by atoms with E-state index in [1.54, 1.807) is 37.4 Å². The van der Waals surface area contributed by atoms with Gasteiger partial charge in [-0.1, -0.05) is 6.07 Å². The first kappa shape index (κ1) is 21.2. The fourth-order valence-electron chi connectivity index (χ4n) is 3.24. The van der Waals surface area contributed by atoms with Gasteiger partial charge in [0.05, 0.1) is 25.8 Å². The van der Waals surface area contributed by atoms with Gasteiger partial charge in [-0.3, -0.25) is 14.4 Å². The highest BCUT2D eigenvalue weighted by Gasteiger charge is 2.37. The number of carbonyl (C=O) groups excluding carboxylic acids is 3. The second-order valence-corrected chi connectivity index (χ2v) is 6.97. The van der Waals surface area contributed by atoms with Crippen molar-refractivity contribution >= 4 is 29.2 Å². The van der Waals surface area contributed by atoms with E-state index >= 15 is 0 Å². The van der Waals surface area contributed by atoms with E-state index in [-0.39, 0.29) is 18.9 Å². The van der Waals surface area contributed by atoms with E-state index in [4.69, 9.17) is 14.2 Å². The molecule has 1 heterocycles. The van der Waals surface area contributed by atoms with Gasteiger partial charge in [0, 0.05) is 18.7 Å². The van der Waals surface area contributed by atoms with Crippen molar-refractivity contribution in [2.45, 2.75) is 13.3 Å². The summed E-state index contributed by atoms with van der Waals surface area (Å²) in [6.07, 6.45) is 0.0238. The SMILES string of the molecule is COc1ccc(NC(=O)COC(=O)[C@H]2CC(=O)N(c3cc(C)ccc3OC)C2)cc1. The predicted molar refractivity (Wildman–Crippen MR) is 111 cm³/mol. The Labute approximate surface area is 174 Å². The van der Waals surface area contributed by atoms with E-state index in [0.29, 0.717) is 22.9 Å². The van der Waals surface area contributed by atoms with Gasteiger partial charge in [-0.15, -0.1) is 0 Å². The first-order valence-corrected chi connectivity index (χ1v) is 9.47. The Morgan fingerprint density at radius 1 is 1.10 bits per heavy atom. The maximum Gasteiger partial charge on any atom is 0.311 e. The molecule has 1 saturated heterocycles. The molecule has 1 aliphatic rings. The number of esters is 1. The van der Waals surface area contributed by atoms with Crippen molar-refractivity contribution < 1.29 is 28.6 Å². The van der Waals surface area contributed by atoms with Crippen molar-refractivity contribution in [1.29, 1.82) is 0 Å². The molecular formula is C22H24N2O6. The van der Waals surface area contributed by atoms with Crippen LogP contribution >= 0.6 is 0 Å². The third-order valence-corrected chi connectivity index (χ3v) is 4.80. The summed E-state index contributed by atoms with van der Waals surface area (Å²) in [6, 6.07) is 12.3. The highest BCUT2D eigenvalue weighted by atomic mass is 16.5. The van der Waals surface area contributed by atoms with Crippen LogP contribution in [-0.4, -0.2) is 45.2 Å². The Morgan fingerprint density at radius 3 is 2.50 bits per heavy atom. The van der Waals surface area contributed by atoms with Gasteiger partial charge >= 0.3 is 5.97 Å². The second kappa shape index (κ2) is 9.30. The molecule has 1 fully saturated rings. The minimum Gasteiger partial charge on any atom is -0.497 e. The minimum absolute atomic E-state index is 0.0238. The first-order chi connectivity index (χ1) is 14.4. The summed E-state index contributed by atoms with van der Waals surface area (Å²) in [5, 5.41) is 2.64. The van der Waals surface area contributed by atoms with Gasteiger partial charge in [0.15, 0.2) is 6.61 Å². The molecular weight excluding hydrogens is 388 g/mol. The third-order valence-electron chi connectivity index (χ3n) is 4.80. The number of ether oxygens (including phenoxy) is 3. The van der Waals surface area contributed by atoms with Gasteiger partial charge in [-0.2, -0.15) is 0 Å². The number of carbonyl (C=O) groups is 3. The predicted octanol–water partition coefficient (Wildman–Crippen LogP) is 2.55. The van der Waals surface area contributed by atoms with Crippen LogP contribution in [-0.2, 0) is 19.1 Å². The molecule has 3 rings (SSSR count). The number of hydrogen-bond donors (Lipinski definition) is 1. The number of hydrogen-bond acceptors (Lipinski definition) is 6. The van der Waals surface area contributed by atoms with Gasteiger partial charge in [0.2, 0.25) is 5.91 Å². The monoisotopic (exact) mass is 412 g/mol. The molecule has 0 spiro atoms. The van der Waals surface area contributed by atoms with Crippen LogP contribution in [0.3, 0.4) is 0 Å². The molecule has 0 radical (unpaired) electrons. The zero-order chi connectivity index (χ0) is 21.7. The summed E-state index contributed by atoms with van der Waals surface area (Å²) in [4.78, 5) is 38.4. The Kier molecular flexibility index (Phi) is 6.56. The molecule has 158 valence electrons. The van der Waals surface area contributed by atoms with E-state index in [1.807, 2.05) is 19.1 Å². The van der Waals surface area contributed by atoms with Crippen LogP contribution in [0.4, 0.5) is 11.4 Å². The maximum absolute atomic E-state index is 12.5. The van der Waals surface area contributed by atoms with Gasteiger partial charge in [0.25, 0.3) is 5.91 Å². The van der Waals surface area contributed by atoms with Gasteiger partial charge < -0.3 is 24.4 Å². The zero-order valence-corrected chi connectivity index (χ0v) is 17.1. The van der Waals surface area contributed by atoms with Crippen molar-refractivity contribution in [3.8, 4) is 11.5 Å². The zero-order valence-electron chi connectivity index (χ0n) is 17.1. The van der Waals surface area contributed by atoms with E-state index < -0.39 is 24.4 Å². The topological polar surface area (TPSA) is 94.2 Å². The van der Waals surface area contributed by atoms with Gasteiger partial charge in [-0.25, -0.2) is 0 Å². The molecule has 0 aromatic heterocycles. The molecule has 0 bridgehead atoms. The van der Waals surface area contributed by atoms with Crippen molar-refractivity contribution in [3.05, 3.63) is 48.0 Å². The first-order valence-electron chi connectivity index (χ1n) is 9.47. The quantitative estimate of drug-likeness (QED) is 0.703. The lowest BCUT2D eigenvalue weighted by molar-refractivity contribution is -0.151. The van der Waals surface area contributed by atoms with Crippen molar-refractivity contribution in [2.75, 3.05) is 37.6 Å². The number of benzene rings is 2. The Balaban J connectivity index is 1.55. The van der Waals surface area contributed by atoms with Crippen LogP contribution in [0.15, 0.2) is 42.5 Å². The number of rotatable bonds is 7. The normalized spacial score (nSPS) is 15.6. The summed E-state index contributed by atoms with van der Waals surface area (Å²) in [5.41, 5.74) is 2.15. The van der Waals surface area contributed by atoms with Gasteiger partial charge in [0.1, 0.15) is 11.5 Å². The summed E-state index contributed by atoms with van der Waals surface area (Å²) >= 11 is 0. The fraction of sp³-hybridized carbons (Fsp3) is 0.318. The molecule has 1 atom stereocenters. The lowest BCUT2D eigenvalue weighted by Gasteiger charge is -2.20. The largest absolute Gasteiger partial charge is 0.497 e. The summed E-state index contributed by atoms with van der Waals surface area (Å²) < 4.78 is 15.5. The van der Waals surface area contributed by atoms with E-state index in [0.717, 1.165) is 5.56 Å². The molecule has 2 aromatic rings. The van der Waals surface area contributed by atoms with Crippen molar-refractivity contribution in [3.63, 3.8) is 0 Å². The highest BCUT2D eigenvalue weighted by Crippen LogP contribution is 2.34. The highest BCUT2D eigenvalue weighted by molar-refractivity contribution is 6.01. The number of methoxy groups -OCH3 is 2. The van der Waals surface area contributed by atoms with E-state index in [2.05, 4.69) is 5.32 Å². The maximum atomic E-state index is 12.5. The number of aryl methyl sites for hydroxylation is 1. The number of anilines is 2. The number of nitrogens with one attached hydrogen (secondary N) is 1. The van der Waals surface area contributed by atoms with E-state index in [9.17, 15) is 14.4 Å². The molecule has 0 saturated carbocycles. The van der Waals surface area contributed by atoms with Crippen molar-refractivity contribution in [2.24, 2.45) is 5.92 Å². The third kappa shape index (κ3) is 4.89. The fourth-order valence-corrected chi connectivity index (χ4v) is 3.24. The molecule has 1 aliphatic heterocycles. The standard InChI is InChI=1S/C22H24N2O6/c1-14-4-9-19(29-3)18(10-14)24-12-15(11-21(24)26)22(27)30-13-20(25)23-16-5-7-17(28-2)8-6-16/h4-10,15H,11-13H2,1-3H3,(H,23,25)/t15-/m0/s1. The summed E-state index contributed by atoms with van der Waals surface area (Å²) in [6.45, 7) is 1.66. The molecule has 8 nitrogen and oxygen atoms in total. The van der Waals surface area contributed by atoms with Gasteiger partial charge in [-0.05, 0) is 48.9 Å². The average molecular weight is 412 g/mol. The van der Waals surface area contributed by atoms with Crippen LogP contribution in [0.2, 0.25) is 0 Å². The molecule has 0 unspecified atom stereocenters. The number of nitrogens with zero attached hydrogens (tertiary/aromatic N) is 1. The molecule has 2 aromatic carbocycles. The molecule has 1 N–H and O–H groups in total. The lowest BCUT2D eigenvalue weighted by Crippen LogP contribution is -2.28. The lowest BCUT2D eigenvalue weighted by atomic mass is 10.1. The van der Waals surface area contributed by atoms with E-state index in [1.165, 1.54) is 12.0 Å². The molecule has 30 heavy (non-hydrogen) atoms. The Morgan fingerprint density at radius 2 is 1.83 bits per heavy atom. The molecule has 2 amide bonds. The minimum atomic E-state index is -0.642. The molecule has 8 heteroatoms. The van der Waals surface area contributed by atoms with Crippen LogP contribution in [0.25, 0.3) is 0 Å². The summed E-state index contributed by atoms with van der Waals surface area (Å²) in [7, 11) is 3.08. The van der Waals surface area contributed by atoms with Crippen LogP contribution in [0.1, 0.15) is 12.0 Å². The Bertz CT molecular complexity index is 941. The smallest absolute Gasteiger partial charge is 0.311 e. The van der Waals surface area contributed by atoms with Crippen LogP contribution < -0.4 is 19.7 Å².